The van der Waals surface area contributed by atoms with Crippen LogP contribution in [0, 0.1) is 5.41 Å². The lowest BCUT2D eigenvalue weighted by Crippen LogP contribution is -2.42. The van der Waals surface area contributed by atoms with E-state index in [1.54, 1.807) is 13.8 Å². The van der Waals surface area contributed by atoms with Crippen LogP contribution in [0.1, 0.15) is 71.8 Å². The van der Waals surface area contributed by atoms with E-state index in [0.29, 0.717) is 0 Å². The minimum atomic E-state index is -3.74. The summed E-state index contributed by atoms with van der Waals surface area (Å²) in [4.78, 5) is 37.4. The summed E-state index contributed by atoms with van der Waals surface area (Å²) in [6.45, 7) is 6.74. The van der Waals surface area contributed by atoms with Crippen molar-refractivity contribution in [3.05, 3.63) is 35.9 Å². The summed E-state index contributed by atoms with van der Waals surface area (Å²) in [5.74, 6) is -0.916. The minimum Gasteiger partial charge on any atom is -0.462 e. The quantitative estimate of drug-likeness (QED) is 0.130. The van der Waals surface area contributed by atoms with Gasteiger partial charge in [-0.05, 0) is 51.5 Å². The van der Waals surface area contributed by atoms with Gasteiger partial charge in [-0.25, -0.2) is 9.88 Å². The lowest BCUT2D eigenvalue weighted by Gasteiger charge is -2.36. The van der Waals surface area contributed by atoms with Gasteiger partial charge in [-0.2, -0.15) is 0 Å². The molecule has 3 unspecified atom stereocenters. The predicted molar refractivity (Wildman–Crippen MR) is 145 cm³/mol. The summed E-state index contributed by atoms with van der Waals surface area (Å²) in [7, 11) is -2.40. The van der Waals surface area contributed by atoms with Gasteiger partial charge in [-0.3, -0.25) is 18.7 Å². The molecule has 1 aliphatic carbocycles. The Morgan fingerprint density at radius 1 is 1.00 bits per heavy atom. The van der Waals surface area contributed by atoms with Crippen LogP contribution in [0.4, 0.5) is 4.79 Å². The number of hydrogen-bond acceptors (Lipinski definition) is 9. The highest BCUT2D eigenvalue weighted by atomic mass is 31.2. The van der Waals surface area contributed by atoms with E-state index in [2.05, 4.69) is 10.4 Å². The first kappa shape index (κ1) is 32.8. The molecule has 1 fully saturated rings. The maximum Gasteiger partial charge on any atom is 0.409 e. The highest BCUT2D eigenvalue weighted by Crippen LogP contribution is 2.44. The third-order valence-electron chi connectivity index (χ3n) is 6.27. The molecule has 39 heavy (non-hydrogen) atoms. The van der Waals surface area contributed by atoms with E-state index in [4.69, 9.17) is 23.5 Å². The molecule has 220 valence electrons. The van der Waals surface area contributed by atoms with Crippen molar-refractivity contribution in [3.63, 3.8) is 0 Å². The molecule has 0 heterocycles. The SMILES string of the molecule is COCP(=O)(NC(C)C(=O)OC(C)C)OC(C)OC(=O)NCC1(CC(=O)OCc2ccccc2)CCCCC1. The molecule has 3 atom stereocenters. The lowest BCUT2D eigenvalue weighted by molar-refractivity contribution is -0.149. The van der Waals surface area contributed by atoms with Crippen molar-refractivity contribution in [2.75, 3.05) is 20.0 Å². The summed E-state index contributed by atoms with van der Waals surface area (Å²) >= 11 is 0. The Kier molecular flexibility index (Phi) is 13.4. The van der Waals surface area contributed by atoms with Gasteiger partial charge in [0.15, 0.2) is 0 Å². The van der Waals surface area contributed by atoms with Crippen LogP contribution in [0.3, 0.4) is 0 Å². The van der Waals surface area contributed by atoms with E-state index < -0.39 is 37.3 Å². The molecule has 0 spiro atoms. The molecule has 11 nitrogen and oxygen atoms in total. The minimum absolute atomic E-state index is 0.184. The predicted octanol–water partition coefficient (Wildman–Crippen LogP) is 4.89. The number of hydrogen-bond donors (Lipinski definition) is 2. The number of esters is 2. The Labute approximate surface area is 231 Å². The molecular formula is C27H43N2O9P. The first-order valence-electron chi connectivity index (χ1n) is 13.3. The summed E-state index contributed by atoms with van der Waals surface area (Å²) in [6.07, 6.45) is 2.02. The number of benzene rings is 1. The van der Waals surface area contributed by atoms with E-state index in [0.717, 1.165) is 37.7 Å². The molecule has 1 aromatic rings. The second-order valence-corrected chi connectivity index (χ2v) is 12.3. The fourth-order valence-electron chi connectivity index (χ4n) is 4.48. The van der Waals surface area contributed by atoms with Crippen molar-refractivity contribution < 1.29 is 42.4 Å². The molecule has 1 aromatic carbocycles. The van der Waals surface area contributed by atoms with E-state index in [1.807, 2.05) is 30.3 Å². The maximum absolute atomic E-state index is 13.2. The van der Waals surface area contributed by atoms with Gasteiger partial charge in [0.25, 0.3) is 7.52 Å². The number of rotatable bonds is 15. The van der Waals surface area contributed by atoms with Crippen molar-refractivity contribution in [2.24, 2.45) is 5.41 Å². The second-order valence-electron chi connectivity index (χ2n) is 10.2. The van der Waals surface area contributed by atoms with Crippen LogP contribution in [0.2, 0.25) is 0 Å². The van der Waals surface area contributed by atoms with Crippen LogP contribution < -0.4 is 10.4 Å². The zero-order valence-electron chi connectivity index (χ0n) is 23.6. The molecule has 12 heteroatoms. The van der Waals surface area contributed by atoms with Crippen LogP contribution >= 0.6 is 7.52 Å². The molecule has 1 amide bonds. The number of methoxy groups -OCH3 is 1. The summed E-state index contributed by atoms with van der Waals surface area (Å²) in [5.41, 5.74) is 0.472. The lowest BCUT2D eigenvalue weighted by atomic mass is 9.71. The molecule has 0 bridgehead atoms. The fraction of sp³-hybridized carbons (Fsp3) is 0.667. The number of amides is 1. The third kappa shape index (κ3) is 12.1. The molecule has 2 rings (SSSR count). The van der Waals surface area contributed by atoms with Crippen molar-refractivity contribution in [2.45, 2.75) is 91.3 Å². The molecule has 0 saturated heterocycles. The monoisotopic (exact) mass is 570 g/mol. The maximum atomic E-state index is 13.2. The molecule has 1 aliphatic rings. The number of ether oxygens (including phenoxy) is 4. The number of alkyl carbamates (subject to hydrolysis) is 1. The molecule has 1 saturated carbocycles. The average Bonchev–Trinajstić information content (AvgIpc) is 2.87. The molecule has 0 radical (unpaired) electrons. The average molecular weight is 571 g/mol. The highest BCUT2D eigenvalue weighted by molar-refractivity contribution is 7.56. The Bertz CT molecular complexity index is 967. The van der Waals surface area contributed by atoms with E-state index in [1.165, 1.54) is 21.0 Å². The zero-order chi connectivity index (χ0) is 28.9. The normalized spacial score (nSPS) is 17.9. The number of carbonyl (C=O) groups is 3. The van der Waals surface area contributed by atoms with E-state index in [9.17, 15) is 18.9 Å². The van der Waals surface area contributed by atoms with Crippen LogP contribution in [0.5, 0.6) is 0 Å². The molecular weight excluding hydrogens is 527 g/mol. The van der Waals surface area contributed by atoms with Crippen molar-refractivity contribution in [1.29, 1.82) is 0 Å². The smallest absolute Gasteiger partial charge is 0.409 e. The van der Waals surface area contributed by atoms with Crippen LogP contribution in [-0.2, 0) is 44.2 Å². The van der Waals surface area contributed by atoms with Crippen LogP contribution in [0.15, 0.2) is 30.3 Å². The van der Waals surface area contributed by atoms with Crippen molar-refractivity contribution in [1.82, 2.24) is 10.4 Å². The third-order valence-corrected chi connectivity index (χ3v) is 8.29. The van der Waals surface area contributed by atoms with Gasteiger partial charge in [0.05, 0.1) is 12.5 Å². The molecule has 0 aromatic heterocycles. The van der Waals surface area contributed by atoms with Gasteiger partial charge in [-0.1, -0.05) is 49.6 Å². The first-order chi connectivity index (χ1) is 18.5. The molecule has 0 aliphatic heterocycles. The zero-order valence-corrected chi connectivity index (χ0v) is 24.5. The van der Waals surface area contributed by atoms with Crippen molar-refractivity contribution >= 4 is 25.6 Å². The first-order valence-corrected chi connectivity index (χ1v) is 15.2. The summed E-state index contributed by atoms with van der Waals surface area (Å²) in [6, 6.07) is 8.51. The fourth-order valence-corrected chi connectivity index (χ4v) is 6.23. The van der Waals surface area contributed by atoms with Gasteiger partial charge in [0.1, 0.15) is 19.0 Å². The van der Waals surface area contributed by atoms with Gasteiger partial charge in [0, 0.05) is 13.7 Å². The van der Waals surface area contributed by atoms with E-state index >= 15 is 0 Å². The van der Waals surface area contributed by atoms with Gasteiger partial charge < -0.3 is 24.3 Å². The van der Waals surface area contributed by atoms with Crippen LogP contribution in [0.25, 0.3) is 0 Å². The van der Waals surface area contributed by atoms with Gasteiger partial charge in [0.2, 0.25) is 6.29 Å². The highest BCUT2D eigenvalue weighted by Gasteiger charge is 2.36. The number of nitrogens with one attached hydrogen (secondary N) is 2. The largest absolute Gasteiger partial charge is 0.462 e. The summed E-state index contributed by atoms with van der Waals surface area (Å²) < 4.78 is 39.6. The Morgan fingerprint density at radius 2 is 1.67 bits per heavy atom. The Balaban J connectivity index is 1.90. The molecule has 2 N–H and O–H groups in total. The van der Waals surface area contributed by atoms with Crippen LogP contribution in [-0.4, -0.2) is 56.5 Å². The standard InChI is InChI=1S/C27H43N2O9P/c1-20(2)36-25(31)21(3)29-39(33,19-34-5)38-22(4)37-26(32)28-18-27(14-10-7-11-15-27)16-24(30)35-17-23-12-8-6-9-13-23/h6,8-9,12-13,20-22H,7,10-11,14-19H2,1-5H3,(H,28,32)(H,29,33). The van der Waals surface area contributed by atoms with E-state index in [-0.39, 0.29) is 38.0 Å². The van der Waals surface area contributed by atoms with Gasteiger partial charge in [-0.15, -0.1) is 0 Å². The second kappa shape index (κ2) is 16.0. The van der Waals surface area contributed by atoms with Crippen molar-refractivity contribution in [3.8, 4) is 0 Å². The Hall–Kier alpha value is -2.46. The number of carbonyl (C=O) groups excluding carboxylic acids is 3. The summed E-state index contributed by atoms with van der Waals surface area (Å²) in [5, 5.41) is 5.35. The Morgan fingerprint density at radius 3 is 2.28 bits per heavy atom. The topological polar surface area (TPSA) is 138 Å². The van der Waals surface area contributed by atoms with Gasteiger partial charge >= 0.3 is 18.0 Å².